The van der Waals surface area contributed by atoms with Crippen LogP contribution in [0.5, 0.6) is 0 Å². The van der Waals surface area contributed by atoms with E-state index in [1.165, 1.54) is 16.7 Å². The smallest absolute Gasteiger partial charge is 0.0626 e. The van der Waals surface area contributed by atoms with Crippen molar-refractivity contribution >= 4 is 17.5 Å². The summed E-state index contributed by atoms with van der Waals surface area (Å²) in [6.07, 6.45) is 4.19. The molecule has 0 fully saturated rings. The Morgan fingerprint density at radius 1 is 0.944 bits per heavy atom. The average molecular weight is 236 g/mol. The van der Waals surface area contributed by atoms with Gasteiger partial charge in [-0.05, 0) is 49.2 Å². The summed E-state index contributed by atoms with van der Waals surface area (Å²) in [6.45, 7) is 4.27. The molecule has 0 saturated heterocycles. The zero-order valence-electron chi connectivity index (χ0n) is 10.6. The van der Waals surface area contributed by atoms with Crippen molar-refractivity contribution in [3.63, 3.8) is 0 Å². The summed E-state index contributed by atoms with van der Waals surface area (Å²) in [6, 6.07) is 14.8. The van der Waals surface area contributed by atoms with Crippen LogP contribution in [0.15, 0.2) is 48.7 Å². The third-order valence-electron chi connectivity index (χ3n) is 3.37. The predicted molar refractivity (Wildman–Crippen MR) is 77.5 cm³/mol. The number of anilines is 2. The number of hydrogen-bond donors (Lipinski definition) is 1. The van der Waals surface area contributed by atoms with Gasteiger partial charge >= 0.3 is 0 Å². The summed E-state index contributed by atoms with van der Waals surface area (Å²) in [5.74, 6) is 0. The van der Waals surface area contributed by atoms with E-state index in [1.807, 2.05) is 6.07 Å². The summed E-state index contributed by atoms with van der Waals surface area (Å²) in [5.41, 5.74) is 9.55. The number of benzene rings is 2. The highest BCUT2D eigenvalue weighted by Crippen LogP contribution is 2.26. The second-order valence-electron chi connectivity index (χ2n) is 4.65. The molecule has 0 aromatic heterocycles. The Morgan fingerprint density at radius 2 is 1.78 bits per heavy atom. The highest BCUT2D eigenvalue weighted by Gasteiger charge is 2.10. The fourth-order valence-electron chi connectivity index (χ4n) is 2.09. The normalized spacial score (nSPS) is 13.1. The van der Waals surface area contributed by atoms with Gasteiger partial charge in [0.25, 0.3) is 0 Å². The monoisotopic (exact) mass is 236 g/mol. The Balaban J connectivity index is 1.94. The average Bonchev–Trinajstić information content (AvgIpc) is 2.41. The quantitative estimate of drug-likeness (QED) is 0.801. The topological polar surface area (TPSA) is 15.3 Å². The summed E-state index contributed by atoms with van der Waals surface area (Å²) in [4.78, 5) is 0. The molecule has 0 bridgehead atoms. The highest BCUT2D eigenvalue weighted by atomic mass is 15.5. The Hall–Kier alpha value is -2.22. The molecule has 1 heterocycles. The molecule has 0 amide bonds. The van der Waals surface area contributed by atoms with Gasteiger partial charge in [0.15, 0.2) is 0 Å². The molecular formula is C16H16N2. The Kier molecular flexibility index (Phi) is 2.56. The molecule has 1 N–H and O–H groups in total. The summed E-state index contributed by atoms with van der Waals surface area (Å²) >= 11 is 0. The number of nitrogens with zero attached hydrogens (tertiary/aromatic N) is 1. The van der Waals surface area contributed by atoms with Gasteiger partial charge in [-0.2, -0.15) is 0 Å². The standard InChI is InChI=1S/C16H16N2/c1-12-7-8-15(11-13(12)2)18-10-9-14-5-3-4-6-16(14)17-18/h3-11,17H,1-2H3. The largest absolute Gasteiger partial charge is 0.294 e. The first-order valence-corrected chi connectivity index (χ1v) is 6.14. The van der Waals surface area contributed by atoms with Gasteiger partial charge < -0.3 is 0 Å². The maximum absolute atomic E-state index is 3.41. The van der Waals surface area contributed by atoms with Crippen molar-refractivity contribution in [2.45, 2.75) is 13.8 Å². The minimum atomic E-state index is 1.14. The van der Waals surface area contributed by atoms with Gasteiger partial charge in [0.2, 0.25) is 0 Å². The third kappa shape index (κ3) is 1.86. The summed E-state index contributed by atoms with van der Waals surface area (Å²) < 4.78 is 0. The van der Waals surface area contributed by atoms with Crippen molar-refractivity contribution in [3.05, 3.63) is 65.4 Å². The maximum Gasteiger partial charge on any atom is 0.0626 e. The fourth-order valence-corrected chi connectivity index (χ4v) is 2.09. The van der Waals surface area contributed by atoms with E-state index in [1.54, 1.807) is 0 Å². The number of para-hydroxylation sites is 1. The van der Waals surface area contributed by atoms with Gasteiger partial charge in [0.1, 0.15) is 0 Å². The Morgan fingerprint density at radius 3 is 2.61 bits per heavy atom. The molecule has 2 aromatic carbocycles. The molecule has 2 aromatic rings. The van der Waals surface area contributed by atoms with E-state index in [2.05, 4.69) is 73.0 Å². The number of hydrogen-bond acceptors (Lipinski definition) is 2. The van der Waals surface area contributed by atoms with Crippen LogP contribution >= 0.6 is 0 Å². The molecule has 1 aliphatic rings. The second-order valence-corrected chi connectivity index (χ2v) is 4.65. The van der Waals surface area contributed by atoms with Gasteiger partial charge in [-0.15, -0.1) is 0 Å². The van der Waals surface area contributed by atoms with Crippen molar-refractivity contribution in [2.75, 3.05) is 10.4 Å². The van der Waals surface area contributed by atoms with Gasteiger partial charge in [-0.25, -0.2) is 0 Å². The maximum atomic E-state index is 3.41. The first kappa shape index (κ1) is 10.9. The van der Waals surface area contributed by atoms with Crippen LogP contribution in [0.4, 0.5) is 11.4 Å². The molecule has 0 spiro atoms. The molecular weight excluding hydrogens is 220 g/mol. The van der Waals surface area contributed by atoms with Crippen LogP contribution in [-0.4, -0.2) is 0 Å². The zero-order chi connectivity index (χ0) is 12.5. The molecule has 0 unspecified atom stereocenters. The van der Waals surface area contributed by atoms with Crippen molar-refractivity contribution in [1.82, 2.24) is 0 Å². The van der Waals surface area contributed by atoms with E-state index < -0.39 is 0 Å². The number of aryl methyl sites for hydroxylation is 2. The second kappa shape index (κ2) is 4.22. The van der Waals surface area contributed by atoms with Crippen LogP contribution in [0.2, 0.25) is 0 Å². The van der Waals surface area contributed by atoms with E-state index in [0.29, 0.717) is 0 Å². The van der Waals surface area contributed by atoms with Gasteiger partial charge in [-0.1, -0.05) is 24.3 Å². The molecule has 0 aliphatic carbocycles. The van der Waals surface area contributed by atoms with Crippen LogP contribution in [0.3, 0.4) is 0 Å². The minimum absolute atomic E-state index is 1.14. The van der Waals surface area contributed by atoms with Gasteiger partial charge in [-0.3, -0.25) is 10.4 Å². The minimum Gasteiger partial charge on any atom is -0.294 e. The molecule has 90 valence electrons. The Labute approximate surface area is 108 Å². The first-order valence-electron chi connectivity index (χ1n) is 6.14. The lowest BCUT2D eigenvalue weighted by molar-refractivity contribution is 1.14. The fraction of sp³-hybridized carbons (Fsp3) is 0.125. The highest BCUT2D eigenvalue weighted by molar-refractivity contribution is 5.75. The third-order valence-corrected chi connectivity index (χ3v) is 3.37. The predicted octanol–water partition coefficient (Wildman–Crippen LogP) is 4.12. The van der Waals surface area contributed by atoms with Gasteiger partial charge in [0.05, 0.1) is 11.4 Å². The van der Waals surface area contributed by atoms with E-state index in [4.69, 9.17) is 0 Å². The number of fused-ring (bicyclic) bond motifs is 1. The lowest BCUT2D eigenvalue weighted by atomic mass is 10.1. The van der Waals surface area contributed by atoms with E-state index in [9.17, 15) is 0 Å². The molecule has 3 rings (SSSR count). The van der Waals surface area contributed by atoms with Crippen molar-refractivity contribution in [1.29, 1.82) is 0 Å². The van der Waals surface area contributed by atoms with Gasteiger partial charge in [0, 0.05) is 11.8 Å². The number of hydrazine groups is 1. The van der Waals surface area contributed by atoms with Crippen LogP contribution in [-0.2, 0) is 0 Å². The van der Waals surface area contributed by atoms with Crippen molar-refractivity contribution in [3.8, 4) is 0 Å². The van der Waals surface area contributed by atoms with E-state index in [0.717, 1.165) is 11.4 Å². The SMILES string of the molecule is Cc1ccc(N2C=Cc3ccccc3N2)cc1C. The van der Waals surface area contributed by atoms with Crippen LogP contribution < -0.4 is 10.4 Å². The molecule has 2 heteroatoms. The molecule has 18 heavy (non-hydrogen) atoms. The molecule has 0 radical (unpaired) electrons. The Bertz CT molecular complexity index is 614. The zero-order valence-corrected chi connectivity index (χ0v) is 10.6. The van der Waals surface area contributed by atoms with E-state index >= 15 is 0 Å². The van der Waals surface area contributed by atoms with Crippen molar-refractivity contribution < 1.29 is 0 Å². The molecule has 0 atom stereocenters. The molecule has 0 saturated carbocycles. The molecule has 1 aliphatic heterocycles. The lowest BCUT2D eigenvalue weighted by Crippen LogP contribution is -2.26. The van der Waals surface area contributed by atoms with E-state index in [-0.39, 0.29) is 0 Å². The summed E-state index contributed by atoms with van der Waals surface area (Å²) in [7, 11) is 0. The van der Waals surface area contributed by atoms with Crippen LogP contribution in [0.1, 0.15) is 16.7 Å². The van der Waals surface area contributed by atoms with Crippen LogP contribution in [0, 0.1) is 13.8 Å². The van der Waals surface area contributed by atoms with Crippen LogP contribution in [0.25, 0.3) is 6.08 Å². The summed E-state index contributed by atoms with van der Waals surface area (Å²) in [5, 5.41) is 2.05. The first-order chi connectivity index (χ1) is 8.74. The molecule has 2 nitrogen and oxygen atoms in total. The number of nitrogens with one attached hydrogen (secondary N) is 1. The lowest BCUT2D eigenvalue weighted by Gasteiger charge is -2.27. The number of rotatable bonds is 1. The van der Waals surface area contributed by atoms with Crippen molar-refractivity contribution in [2.24, 2.45) is 0 Å².